The highest BCUT2D eigenvalue weighted by Gasteiger charge is 2.41. The van der Waals surface area contributed by atoms with E-state index >= 15 is 0 Å². The number of ether oxygens (including phenoxy) is 2. The van der Waals surface area contributed by atoms with Crippen molar-refractivity contribution in [2.45, 2.75) is 12.0 Å². The quantitative estimate of drug-likeness (QED) is 0.586. The van der Waals surface area contributed by atoms with E-state index in [9.17, 15) is 10.1 Å². The smallest absolute Gasteiger partial charge is 0.311 e. The third-order valence-electron chi connectivity index (χ3n) is 3.58. The Bertz CT molecular complexity index is 488. The number of aromatic nitrogens is 1. The summed E-state index contributed by atoms with van der Waals surface area (Å²) in [4.78, 5) is 16.8. The average molecular weight is 265 g/mol. The molecule has 0 N–H and O–H groups in total. The minimum atomic E-state index is -0.393. The molecule has 2 aliphatic heterocycles. The summed E-state index contributed by atoms with van der Waals surface area (Å²) in [6, 6.07) is 3.06. The van der Waals surface area contributed by atoms with Gasteiger partial charge in [0.25, 0.3) is 0 Å². The standard InChI is InChI=1S/C12H15N3O4/c16-15(17)10-2-1-4-13-11(10)14-5-7-19-12(8-14)3-6-18-9-12/h1-2,4H,3,5-9H2. The van der Waals surface area contributed by atoms with E-state index in [-0.39, 0.29) is 11.3 Å². The zero-order chi connectivity index (χ0) is 13.3. The van der Waals surface area contributed by atoms with Crippen molar-refractivity contribution >= 4 is 11.5 Å². The highest BCUT2D eigenvalue weighted by molar-refractivity contribution is 5.57. The molecule has 0 aromatic carbocycles. The Morgan fingerprint density at radius 3 is 3.11 bits per heavy atom. The zero-order valence-electron chi connectivity index (χ0n) is 10.4. The van der Waals surface area contributed by atoms with Crippen molar-refractivity contribution in [3.63, 3.8) is 0 Å². The molecule has 7 nitrogen and oxygen atoms in total. The van der Waals surface area contributed by atoms with Gasteiger partial charge >= 0.3 is 5.69 Å². The highest BCUT2D eigenvalue weighted by atomic mass is 16.6. The first kappa shape index (κ1) is 12.3. The monoisotopic (exact) mass is 265 g/mol. The number of pyridine rings is 1. The predicted octanol–water partition coefficient (Wildman–Crippen LogP) is 0.985. The summed E-state index contributed by atoms with van der Waals surface area (Å²) in [6.45, 7) is 2.96. The number of nitro groups is 1. The van der Waals surface area contributed by atoms with Gasteiger partial charge in [0.1, 0.15) is 5.60 Å². The van der Waals surface area contributed by atoms with Crippen LogP contribution in [-0.4, -0.2) is 48.4 Å². The lowest BCUT2D eigenvalue weighted by molar-refractivity contribution is -0.384. The molecule has 0 saturated carbocycles. The first-order chi connectivity index (χ1) is 9.20. The molecule has 2 aliphatic rings. The van der Waals surface area contributed by atoms with Crippen molar-refractivity contribution in [2.75, 3.05) is 37.8 Å². The summed E-state index contributed by atoms with van der Waals surface area (Å²) in [5, 5.41) is 11.1. The van der Waals surface area contributed by atoms with Gasteiger partial charge in [0.05, 0.1) is 24.7 Å². The van der Waals surface area contributed by atoms with Gasteiger partial charge in [0, 0.05) is 31.8 Å². The van der Waals surface area contributed by atoms with Gasteiger partial charge in [-0.25, -0.2) is 4.98 Å². The minimum Gasteiger partial charge on any atom is -0.378 e. The van der Waals surface area contributed by atoms with Gasteiger partial charge in [-0.3, -0.25) is 10.1 Å². The van der Waals surface area contributed by atoms with E-state index in [1.807, 2.05) is 4.90 Å². The first-order valence-electron chi connectivity index (χ1n) is 6.26. The van der Waals surface area contributed by atoms with Crippen molar-refractivity contribution in [2.24, 2.45) is 0 Å². The summed E-state index contributed by atoms with van der Waals surface area (Å²) < 4.78 is 11.2. The van der Waals surface area contributed by atoms with Crippen LogP contribution in [0.4, 0.5) is 11.5 Å². The Kier molecular flexibility index (Phi) is 3.08. The molecule has 3 heterocycles. The van der Waals surface area contributed by atoms with Gasteiger partial charge in [-0.2, -0.15) is 0 Å². The van der Waals surface area contributed by atoms with Gasteiger partial charge in [0.2, 0.25) is 5.82 Å². The van der Waals surface area contributed by atoms with E-state index < -0.39 is 4.92 Å². The molecule has 1 unspecified atom stereocenters. The van der Waals surface area contributed by atoms with Crippen LogP contribution in [0.2, 0.25) is 0 Å². The largest absolute Gasteiger partial charge is 0.378 e. The number of nitrogens with zero attached hydrogens (tertiary/aromatic N) is 3. The summed E-state index contributed by atoms with van der Waals surface area (Å²) in [5.41, 5.74) is -0.289. The van der Waals surface area contributed by atoms with Gasteiger partial charge in [-0.05, 0) is 6.07 Å². The lowest BCUT2D eigenvalue weighted by atomic mass is 10.0. The highest BCUT2D eigenvalue weighted by Crippen LogP contribution is 2.32. The van der Waals surface area contributed by atoms with Crippen LogP contribution in [-0.2, 0) is 9.47 Å². The van der Waals surface area contributed by atoms with Gasteiger partial charge in [0.15, 0.2) is 0 Å². The Balaban J connectivity index is 1.87. The first-order valence-corrected chi connectivity index (χ1v) is 6.26. The van der Waals surface area contributed by atoms with Crippen molar-refractivity contribution < 1.29 is 14.4 Å². The normalized spacial score (nSPS) is 26.8. The number of hydrogen-bond acceptors (Lipinski definition) is 6. The van der Waals surface area contributed by atoms with Crippen molar-refractivity contribution in [1.82, 2.24) is 4.98 Å². The second-order valence-electron chi connectivity index (χ2n) is 4.86. The third-order valence-corrected chi connectivity index (χ3v) is 3.58. The molecule has 7 heteroatoms. The Morgan fingerprint density at radius 1 is 1.47 bits per heavy atom. The number of rotatable bonds is 2. The van der Waals surface area contributed by atoms with E-state index in [0.29, 0.717) is 38.7 Å². The van der Waals surface area contributed by atoms with Gasteiger partial charge < -0.3 is 14.4 Å². The molecule has 0 aliphatic carbocycles. The maximum atomic E-state index is 11.1. The molecule has 102 valence electrons. The maximum absolute atomic E-state index is 11.1. The topological polar surface area (TPSA) is 77.7 Å². The molecule has 19 heavy (non-hydrogen) atoms. The fraction of sp³-hybridized carbons (Fsp3) is 0.583. The lowest BCUT2D eigenvalue weighted by Gasteiger charge is -2.39. The average Bonchev–Trinajstić information content (AvgIpc) is 2.86. The molecule has 2 saturated heterocycles. The maximum Gasteiger partial charge on any atom is 0.311 e. The van der Waals surface area contributed by atoms with E-state index in [2.05, 4.69) is 4.98 Å². The molecule has 2 fully saturated rings. The molecule has 0 bridgehead atoms. The second-order valence-corrected chi connectivity index (χ2v) is 4.86. The molecular weight excluding hydrogens is 250 g/mol. The van der Waals surface area contributed by atoms with Crippen LogP contribution in [0.1, 0.15) is 6.42 Å². The minimum absolute atomic E-state index is 0.0402. The SMILES string of the molecule is O=[N+]([O-])c1cccnc1N1CCOC2(CCOC2)C1. The summed E-state index contributed by atoms with van der Waals surface area (Å²) in [7, 11) is 0. The fourth-order valence-corrected chi connectivity index (χ4v) is 2.63. The summed E-state index contributed by atoms with van der Waals surface area (Å²) in [5.74, 6) is 0.419. The molecule has 0 amide bonds. The van der Waals surface area contributed by atoms with Crippen molar-refractivity contribution in [3.8, 4) is 0 Å². The molecule has 1 atom stereocenters. The van der Waals surface area contributed by atoms with Crippen LogP contribution < -0.4 is 4.90 Å². The molecule has 3 rings (SSSR count). The molecule has 1 aromatic rings. The van der Waals surface area contributed by atoms with E-state index in [0.717, 1.165) is 6.42 Å². The van der Waals surface area contributed by atoms with Crippen molar-refractivity contribution in [3.05, 3.63) is 28.4 Å². The second kappa shape index (κ2) is 4.75. The molecule has 0 radical (unpaired) electrons. The van der Waals surface area contributed by atoms with Gasteiger partial charge in [-0.1, -0.05) is 0 Å². The van der Waals surface area contributed by atoms with E-state index in [4.69, 9.17) is 9.47 Å². The van der Waals surface area contributed by atoms with Crippen LogP contribution in [0.25, 0.3) is 0 Å². The summed E-state index contributed by atoms with van der Waals surface area (Å²) >= 11 is 0. The number of morpholine rings is 1. The third kappa shape index (κ3) is 2.26. The van der Waals surface area contributed by atoms with E-state index in [1.54, 1.807) is 12.3 Å². The Hall–Kier alpha value is -1.73. The zero-order valence-corrected chi connectivity index (χ0v) is 10.4. The van der Waals surface area contributed by atoms with Gasteiger partial charge in [-0.15, -0.1) is 0 Å². The van der Waals surface area contributed by atoms with Crippen LogP contribution >= 0.6 is 0 Å². The van der Waals surface area contributed by atoms with Crippen molar-refractivity contribution in [1.29, 1.82) is 0 Å². The Morgan fingerprint density at radius 2 is 2.37 bits per heavy atom. The van der Waals surface area contributed by atoms with E-state index in [1.165, 1.54) is 6.07 Å². The number of anilines is 1. The Labute approximate surface area is 110 Å². The summed E-state index contributed by atoms with van der Waals surface area (Å²) in [6.07, 6.45) is 2.40. The van der Waals surface area contributed by atoms with Crippen LogP contribution in [0.5, 0.6) is 0 Å². The lowest BCUT2D eigenvalue weighted by Crippen LogP contribution is -2.52. The molecule has 1 spiro atoms. The molecule has 1 aromatic heterocycles. The van der Waals surface area contributed by atoms with Crippen LogP contribution in [0.3, 0.4) is 0 Å². The predicted molar refractivity (Wildman–Crippen MR) is 67.2 cm³/mol. The molecular formula is C12H15N3O4. The van der Waals surface area contributed by atoms with Crippen LogP contribution in [0.15, 0.2) is 18.3 Å². The van der Waals surface area contributed by atoms with Crippen LogP contribution in [0, 0.1) is 10.1 Å². The number of hydrogen-bond donors (Lipinski definition) is 0. The fourth-order valence-electron chi connectivity index (χ4n) is 2.63.